The van der Waals surface area contributed by atoms with Gasteiger partial charge in [-0.2, -0.15) is 5.53 Å². The Balaban J connectivity index is 2.35. The molecule has 0 aliphatic carbocycles. The summed E-state index contributed by atoms with van der Waals surface area (Å²) < 4.78 is 0.671. The Morgan fingerprint density at radius 2 is 1.75 bits per heavy atom. The molecule has 6 nitrogen and oxygen atoms in total. The lowest BCUT2D eigenvalue weighted by Gasteiger charge is -2.24. The van der Waals surface area contributed by atoms with Gasteiger partial charge < -0.3 is 9.90 Å². The van der Waals surface area contributed by atoms with Crippen LogP contribution in [0.1, 0.15) is 37.7 Å². The number of para-hydroxylation sites is 2. The number of hydrogen-bond acceptors (Lipinski definition) is 5. The highest BCUT2D eigenvalue weighted by atomic mass is 79.9. The SMILES string of the molecule is NNN(C(=O)C(CCCCCC=O)=C(Br)c1ccccc1)c1ccccc1O. The highest BCUT2D eigenvalue weighted by Crippen LogP contribution is 2.32. The van der Waals surface area contributed by atoms with E-state index in [2.05, 4.69) is 21.5 Å². The average Bonchev–Trinajstić information content (AvgIpc) is 2.72. The van der Waals surface area contributed by atoms with Gasteiger partial charge in [-0.3, -0.25) is 10.6 Å². The fourth-order valence-electron chi connectivity index (χ4n) is 2.80. The van der Waals surface area contributed by atoms with Crippen molar-refractivity contribution < 1.29 is 14.7 Å². The Bertz CT molecular complexity index is 825. The number of nitrogens with one attached hydrogen (secondary N) is 1. The van der Waals surface area contributed by atoms with Crippen molar-refractivity contribution in [3.05, 3.63) is 65.7 Å². The molecule has 148 valence electrons. The van der Waals surface area contributed by atoms with Crippen LogP contribution in [-0.2, 0) is 9.59 Å². The predicted octanol–water partition coefficient (Wildman–Crippen LogP) is 4.06. The van der Waals surface area contributed by atoms with Crippen LogP contribution in [0.2, 0.25) is 0 Å². The first kappa shape index (κ1) is 21.8. The molecule has 0 atom stereocenters. The maximum Gasteiger partial charge on any atom is 0.270 e. The normalized spacial score (nSPS) is 11.6. The second kappa shape index (κ2) is 11.4. The van der Waals surface area contributed by atoms with E-state index in [1.807, 2.05) is 30.3 Å². The number of anilines is 1. The molecule has 0 spiro atoms. The molecular weight excluding hydrogens is 422 g/mol. The molecule has 2 rings (SSSR count). The number of unbranched alkanes of at least 4 members (excludes halogenated alkanes) is 3. The molecule has 0 radical (unpaired) electrons. The number of halogens is 1. The van der Waals surface area contributed by atoms with Gasteiger partial charge in [-0.05, 0) is 52.9 Å². The number of carbonyl (C=O) groups is 2. The molecular formula is C21H24BrN3O3. The van der Waals surface area contributed by atoms with E-state index >= 15 is 0 Å². The van der Waals surface area contributed by atoms with E-state index < -0.39 is 0 Å². The van der Waals surface area contributed by atoms with Crippen LogP contribution in [0, 0.1) is 0 Å². The Morgan fingerprint density at radius 3 is 2.39 bits per heavy atom. The molecule has 4 N–H and O–H groups in total. The zero-order valence-electron chi connectivity index (χ0n) is 15.5. The summed E-state index contributed by atoms with van der Waals surface area (Å²) in [6.07, 6.45) is 4.28. The topological polar surface area (TPSA) is 95.7 Å². The molecule has 1 amide bonds. The molecule has 28 heavy (non-hydrogen) atoms. The lowest BCUT2D eigenvalue weighted by Crippen LogP contribution is -2.48. The van der Waals surface area contributed by atoms with E-state index in [4.69, 9.17) is 5.84 Å². The summed E-state index contributed by atoms with van der Waals surface area (Å²) in [7, 11) is 0. The number of phenolic OH excluding ortho intramolecular Hbond substituents is 1. The molecule has 0 aromatic heterocycles. The van der Waals surface area contributed by atoms with Crippen LogP contribution in [-0.4, -0.2) is 17.3 Å². The van der Waals surface area contributed by atoms with E-state index in [1.54, 1.807) is 18.2 Å². The molecule has 0 unspecified atom stereocenters. The van der Waals surface area contributed by atoms with Crippen molar-refractivity contribution in [3.8, 4) is 5.75 Å². The molecule has 2 aromatic carbocycles. The van der Waals surface area contributed by atoms with Gasteiger partial charge in [0.25, 0.3) is 5.91 Å². The van der Waals surface area contributed by atoms with Crippen molar-refractivity contribution in [2.45, 2.75) is 32.1 Å². The van der Waals surface area contributed by atoms with Crippen LogP contribution >= 0.6 is 15.9 Å². The fraction of sp³-hybridized carbons (Fsp3) is 0.238. The van der Waals surface area contributed by atoms with E-state index in [0.29, 0.717) is 22.9 Å². The van der Waals surface area contributed by atoms with Gasteiger partial charge in [0.1, 0.15) is 17.7 Å². The number of phenols is 1. The minimum Gasteiger partial charge on any atom is -0.506 e. The van der Waals surface area contributed by atoms with Gasteiger partial charge in [-0.25, -0.2) is 5.01 Å². The van der Waals surface area contributed by atoms with Crippen molar-refractivity contribution >= 4 is 38.3 Å². The first-order chi connectivity index (χ1) is 13.6. The number of aromatic hydroxyl groups is 1. The Morgan fingerprint density at radius 1 is 1.07 bits per heavy atom. The number of benzene rings is 2. The minimum absolute atomic E-state index is 0.0602. The number of nitrogens with two attached hydrogens (primary N) is 1. The standard InChI is InChI=1S/C21H24BrN3O3/c22-20(16-10-4-3-5-11-16)17(12-6-1-2-9-15-26)21(28)25(24-23)18-13-7-8-14-19(18)27/h3-5,7-8,10-11,13-15,24,27H,1-2,6,9,12,23H2. The molecule has 0 saturated carbocycles. The van der Waals surface area contributed by atoms with Crippen molar-refractivity contribution in [2.75, 3.05) is 5.01 Å². The first-order valence-corrected chi connectivity index (χ1v) is 9.85. The average molecular weight is 446 g/mol. The van der Waals surface area contributed by atoms with Gasteiger partial charge in [-0.1, -0.05) is 48.9 Å². The smallest absolute Gasteiger partial charge is 0.270 e. The second-order valence-electron chi connectivity index (χ2n) is 6.18. The van der Waals surface area contributed by atoms with Crippen LogP contribution in [0.15, 0.2) is 60.2 Å². The van der Waals surface area contributed by atoms with E-state index in [-0.39, 0.29) is 17.3 Å². The van der Waals surface area contributed by atoms with Crippen LogP contribution in [0.5, 0.6) is 5.75 Å². The lowest BCUT2D eigenvalue weighted by atomic mass is 10.0. The van der Waals surface area contributed by atoms with E-state index in [1.165, 1.54) is 6.07 Å². The number of nitrogens with zero attached hydrogens (tertiary/aromatic N) is 1. The highest BCUT2D eigenvalue weighted by molar-refractivity contribution is 9.15. The molecule has 0 bridgehead atoms. The Hall–Kier alpha value is -2.48. The largest absolute Gasteiger partial charge is 0.506 e. The Kier molecular flexibility index (Phi) is 8.87. The number of hydrazine groups is 2. The van der Waals surface area contributed by atoms with Gasteiger partial charge >= 0.3 is 0 Å². The fourth-order valence-corrected chi connectivity index (χ4v) is 3.43. The zero-order chi connectivity index (χ0) is 20.4. The van der Waals surface area contributed by atoms with Gasteiger partial charge in [0.05, 0.1) is 0 Å². The van der Waals surface area contributed by atoms with Crippen LogP contribution in [0.4, 0.5) is 5.69 Å². The number of carbonyl (C=O) groups excluding carboxylic acids is 2. The summed E-state index contributed by atoms with van der Waals surface area (Å²) in [5.41, 5.74) is 4.04. The molecule has 2 aromatic rings. The van der Waals surface area contributed by atoms with E-state index in [9.17, 15) is 14.7 Å². The molecule has 7 heteroatoms. The van der Waals surface area contributed by atoms with Gasteiger partial charge in [0.15, 0.2) is 0 Å². The van der Waals surface area contributed by atoms with Crippen molar-refractivity contribution in [3.63, 3.8) is 0 Å². The summed E-state index contributed by atoms with van der Waals surface area (Å²) >= 11 is 3.57. The van der Waals surface area contributed by atoms with Crippen molar-refractivity contribution in [1.82, 2.24) is 5.53 Å². The molecule has 0 saturated heterocycles. The number of rotatable bonds is 10. The lowest BCUT2D eigenvalue weighted by molar-refractivity contribution is -0.116. The number of hydrogen-bond donors (Lipinski definition) is 3. The number of aldehydes is 1. The summed E-state index contributed by atoms with van der Waals surface area (Å²) in [5.74, 6) is 5.19. The third-order valence-electron chi connectivity index (χ3n) is 4.25. The van der Waals surface area contributed by atoms with Crippen LogP contribution in [0.3, 0.4) is 0 Å². The van der Waals surface area contributed by atoms with Gasteiger partial charge in [-0.15, -0.1) is 0 Å². The summed E-state index contributed by atoms with van der Waals surface area (Å²) in [6, 6.07) is 16.0. The Labute approximate surface area is 173 Å². The second-order valence-corrected chi connectivity index (χ2v) is 6.98. The van der Waals surface area contributed by atoms with Crippen LogP contribution < -0.4 is 16.4 Å². The van der Waals surface area contributed by atoms with Crippen molar-refractivity contribution in [2.24, 2.45) is 5.84 Å². The van der Waals surface area contributed by atoms with Crippen molar-refractivity contribution in [1.29, 1.82) is 0 Å². The third-order valence-corrected chi connectivity index (χ3v) is 5.19. The quantitative estimate of drug-likeness (QED) is 0.168. The predicted molar refractivity (Wildman–Crippen MR) is 114 cm³/mol. The monoisotopic (exact) mass is 445 g/mol. The summed E-state index contributed by atoms with van der Waals surface area (Å²) in [6.45, 7) is 0. The molecule has 0 fully saturated rings. The van der Waals surface area contributed by atoms with Gasteiger partial charge in [0, 0.05) is 16.5 Å². The molecule has 0 heterocycles. The molecule has 0 aliphatic heterocycles. The first-order valence-electron chi connectivity index (χ1n) is 9.06. The van der Waals surface area contributed by atoms with Crippen LogP contribution in [0.25, 0.3) is 4.48 Å². The molecule has 0 aliphatic rings. The highest BCUT2D eigenvalue weighted by Gasteiger charge is 2.24. The summed E-state index contributed by atoms with van der Waals surface area (Å²) in [5, 5.41) is 11.2. The maximum atomic E-state index is 13.3. The zero-order valence-corrected chi connectivity index (χ0v) is 17.1. The minimum atomic E-state index is -0.366. The van der Waals surface area contributed by atoms with E-state index in [0.717, 1.165) is 36.1 Å². The third kappa shape index (κ3) is 5.76. The van der Waals surface area contributed by atoms with Gasteiger partial charge in [0.2, 0.25) is 0 Å². The number of amides is 1. The summed E-state index contributed by atoms with van der Waals surface area (Å²) in [4.78, 5) is 23.8. The maximum absolute atomic E-state index is 13.3.